The molecule has 0 aliphatic carbocycles. The van der Waals surface area contributed by atoms with Gasteiger partial charge < -0.3 is 9.64 Å². The molecule has 0 radical (unpaired) electrons. The van der Waals surface area contributed by atoms with Crippen molar-refractivity contribution in [2.24, 2.45) is 0 Å². The van der Waals surface area contributed by atoms with Crippen molar-refractivity contribution in [3.63, 3.8) is 0 Å². The fourth-order valence-corrected chi connectivity index (χ4v) is 2.58. The Balaban J connectivity index is 2.47. The zero-order valence-electron chi connectivity index (χ0n) is 13.3. The Bertz CT molecular complexity index is 695. The third-order valence-corrected chi connectivity index (χ3v) is 3.86. The average molecular weight is 404 g/mol. The fraction of sp³-hybridized carbons (Fsp3) is 0.375. The zero-order chi connectivity index (χ0) is 17.7. The maximum Gasteiger partial charge on any atom is 0.423 e. The van der Waals surface area contributed by atoms with Crippen molar-refractivity contribution in [2.45, 2.75) is 26.4 Å². The van der Waals surface area contributed by atoms with Gasteiger partial charge >= 0.3 is 6.18 Å². The molecular weight excluding hydrogens is 387 g/mol. The molecule has 0 amide bonds. The second-order valence-corrected chi connectivity index (χ2v) is 5.79. The monoisotopic (exact) mass is 403 g/mol. The first-order chi connectivity index (χ1) is 11.4. The summed E-state index contributed by atoms with van der Waals surface area (Å²) in [4.78, 5) is 9.62. The molecule has 0 spiro atoms. The van der Waals surface area contributed by atoms with Crippen LogP contribution in [-0.4, -0.2) is 23.1 Å². The number of hydrogen-bond acceptors (Lipinski definition) is 4. The van der Waals surface area contributed by atoms with Gasteiger partial charge in [0.2, 0.25) is 11.8 Å². The number of nitrogens with zero attached hydrogens (tertiary/aromatic N) is 3. The summed E-state index contributed by atoms with van der Waals surface area (Å²) in [7, 11) is 0. The predicted molar refractivity (Wildman–Crippen MR) is 89.6 cm³/mol. The van der Waals surface area contributed by atoms with Crippen LogP contribution in [0.1, 0.15) is 25.8 Å². The van der Waals surface area contributed by atoms with Gasteiger partial charge in [-0.15, -0.1) is 0 Å². The molecule has 0 saturated carbocycles. The molecule has 8 heteroatoms. The molecule has 0 saturated heterocycles. The number of halogens is 4. The van der Waals surface area contributed by atoms with E-state index in [9.17, 15) is 13.2 Å². The SMILES string of the molecule is CCCOc1nc(N(CC)c2ccccc2Br)ncc1C(F)(F)F. The Kier molecular flexibility index (Phi) is 6.04. The van der Waals surface area contributed by atoms with Crippen LogP contribution in [0.25, 0.3) is 0 Å². The Morgan fingerprint density at radius 2 is 1.92 bits per heavy atom. The summed E-state index contributed by atoms with van der Waals surface area (Å²) in [5.74, 6) is -0.289. The first-order valence-corrected chi connectivity index (χ1v) is 8.26. The van der Waals surface area contributed by atoms with Crippen molar-refractivity contribution in [3.8, 4) is 5.88 Å². The highest BCUT2D eigenvalue weighted by Crippen LogP contribution is 2.37. The molecule has 24 heavy (non-hydrogen) atoms. The average Bonchev–Trinajstić information content (AvgIpc) is 2.54. The number of anilines is 2. The summed E-state index contributed by atoms with van der Waals surface area (Å²) in [5.41, 5.74) is -0.205. The standard InChI is InChI=1S/C16H17BrF3N3O/c1-3-9-24-14-11(16(18,19)20)10-21-15(22-14)23(4-2)13-8-6-5-7-12(13)17/h5-8,10H,3-4,9H2,1-2H3. The predicted octanol–water partition coefficient (Wildman–Crippen LogP) is 5.20. The minimum atomic E-state index is -4.56. The number of ether oxygens (including phenoxy) is 1. The topological polar surface area (TPSA) is 38.2 Å². The molecule has 0 fully saturated rings. The molecule has 0 unspecified atom stereocenters. The van der Waals surface area contributed by atoms with E-state index in [1.807, 2.05) is 38.1 Å². The van der Waals surface area contributed by atoms with Crippen molar-refractivity contribution in [2.75, 3.05) is 18.1 Å². The van der Waals surface area contributed by atoms with Crippen LogP contribution in [0.5, 0.6) is 5.88 Å². The molecular formula is C16H17BrF3N3O. The highest BCUT2D eigenvalue weighted by molar-refractivity contribution is 9.10. The summed E-state index contributed by atoms with van der Waals surface area (Å²) in [6.07, 6.45) is -3.21. The van der Waals surface area contributed by atoms with Crippen LogP contribution in [-0.2, 0) is 6.18 Å². The maximum absolute atomic E-state index is 13.1. The summed E-state index contributed by atoms with van der Waals surface area (Å²) >= 11 is 3.43. The lowest BCUT2D eigenvalue weighted by Crippen LogP contribution is -2.21. The van der Waals surface area contributed by atoms with Gasteiger partial charge in [0.15, 0.2) is 0 Å². The lowest BCUT2D eigenvalue weighted by atomic mass is 10.3. The van der Waals surface area contributed by atoms with Crippen molar-refractivity contribution in [1.29, 1.82) is 0 Å². The Labute approximate surface area is 146 Å². The second kappa shape index (κ2) is 7.83. The molecule has 0 N–H and O–H groups in total. The van der Waals surface area contributed by atoms with E-state index in [0.717, 1.165) is 16.4 Å². The van der Waals surface area contributed by atoms with E-state index in [1.54, 1.807) is 4.90 Å². The van der Waals surface area contributed by atoms with Gasteiger partial charge in [0.1, 0.15) is 5.56 Å². The molecule has 2 rings (SSSR count). The lowest BCUT2D eigenvalue weighted by molar-refractivity contribution is -0.139. The lowest BCUT2D eigenvalue weighted by Gasteiger charge is -2.23. The molecule has 0 aliphatic rings. The third kappa shape index (κ3) is 4.17. The van der Waals surface area contributed by atoms with Crippen LogP contribution in [0.3, 0.4) is 0 Å². The Morgan fingerprint density at radius 1 is 1.21 bits per heavy atom. The van der Waals surface area contributed by atoms with E-state index < -0.39 is 17.6 Å². The molecule has 0 aliphatic heterocycles. The van der Waals surface area contributed by atoms with Crippen molar-refractivity contribution in [1.82, 2.24) is 9.97 Å². The van der Waals surface area contributed by atoms with Crippen LogP contribution in [0, 0.1) is 0 Å². The molecule has 1 heterocycles. The highest BCUT2D eigenvalue weighted by Gasteiger charge is 2.36. The number of rotatable bonds is 6. The summed E-state index contributed by atoms with van der Waals surface area (Å²) in [5, 5.41) is 0. The van der Waals surface area contributed by atoms with Crippen LogP contribution >= 0.6 is 15.9 Å². The number of hydrogen-bond donors (Lipinski definition) is 0. The molecule has 4 nitrogen and oxygen atoms in total. The first-order valence-electron chi connectivity index (χ1n) is 7.47. The summed E-state index contributed by atoms with van der Waals surface area (Å²) in [6.45, 7) is 4.32. The number of aromatic nitrogens is 2. The first kappa shape index (κ1) is 18.5. The van der Waals surface area contributed by atoms with E-state index in [1.165, 1.54) is 0 Å². The van der Waals surface area contributed by atoms with Gasteiger partial charge in [0.05, 0.1) is 12.3 Å². The molecule has 130 valence electrons. The maximum atomic E-state index is 13.1. The molecule has 2 aromatic rings. The summed E-state index contributed by atoms with van der Waals surface area (Å²) < 4.78 is 45.3. The number of benzene rings is 1. The van der Waals surface area contributed by atoms with Gasteiger partial charge in [-0.2, -0.15) is 18.2 Å². The normalized spacial score (nSPS) is 11.4. The largest absolute Gasteiger partial charge is 0.477 e. The van der Waals surface area contributed by atoms with E-state index in [2.05, 4.69) is 25.9 Å². The van der Waals surface area contributed by atoms with Crippen LogP contribution in [0.15, 0.2) is 34.9 Å². The number of para-hydroxylation sites is 1. The second-order valence-electron chi connectivity index (χ2n) is 4.93. The third-order valence-electron chi connectivity index (χ3n) is 3.19. The summed E-state index contributed by atoms with van der Waals surface area (Å²) in [6, 6.07) is 7.36. The fourth-order valence-electron chi connectivity index (χ4n) is 2.08. The van der Waals surface area contributed by atoms with Crippen molar-refractivity contribution >= 4 is 27.6 Å². The van der Waals surface area contributed by atoms with Gasteiger partial charge in [-0.25, -0.2) is 4.98 Å². The van der Waals surface area contributed by atoms with Gasteiger partial charge in [-0.05, 0) is 41.4 Å². The van der Waals surface area contributed by atoms with Crippen LogP contribution < -0.4 is 9.64 Å². The number of alkyl halides is 3. The molecule has 1 aromatic heterocycles. The molecule has 0 atom stereocenters. The van der Waals surface area contributed by atoms with Gasteiger partial charge in [0, 0.05) is 17.2 Å². The zero-order valence-corrected chi connectivity index (χ0v) is 14.9. The quantitative estimate of drug-likeness (QED) is 0.663. The van der Waals surface area contributed by atoms with Crippen molar-refractivity contribution in [3.05, 3.63) is 40.5 Å². The van der Waals surface area contributed by atoms with E-state index in [0.29, 0.717) is 13.0 Å². The van der Waals surface area contributed by atoms with Crippen LogP contribution in [0.2, 0.25) is 0 Å². The molecule has 0 bridgehead atoms. The highest BCUT2D eigenvalue weighted by atomic mass is 79.9. The minimum Gasteiger partial charge on any atom is -0.477 e. The van der Waals surface area contributed by atoms with Gasteiger partial charge in [-0.1, -0.05) is 19.1 Å². The van der Waals surface area contributed by atoms with E-state index in [4.69, 9.17) is 4.74 Å². The minimum absolute atomic E-state index is 0.153. The van der Waals surface area contributed by atoms with Crippen LogP contribution in [0.4, 0.5) is 24.8 Å². The Hall–Kier alpha value is -1.83. The smallest absolute Gasteiger partial charge is 0.423 e. The molecule has 1 aromatic carbocycles. The van der Waals surface area contributed by atoms with Crippen molar-refractivity contribution < 1.29 is 17.9 Å². The Morgan fingerprint density at radius 3 is 2.50 bits per heavy atom. The van der Waals surface area contributed by atoms with E-state index >= 15 is 0 Å². The van der Waals surface area contributed by atoms with E-state index in [-0.39, 0.29) is 12.6 Å². The van der Waals surface area contributed by atoms with Gasteiger partial charge in [-0.3, -0.25) is 0 Å². The van der Waals surface area contributed by atoms with Gasteiger partial charge in [0.25, 0.3) is 0 Å².